The molecule has 2 aromatic rings. The number of carbonyl (C=O) groups excluding carboxylic acids is 2. The Hall–Kier alpha value is -2.51. The van der Waals surface area contributed by atoms with E-state index in [1.54, 1.807) is 29.4 Å². The molecular formula is C19H21N3O3S. The molecule has 1 fully saturated rings. The molecule has 3 heterocycles. The third-order valence-electron chi connectivity index (χ3n) is 4.31. The van der Waals surface area contributed by atoms with Crippen LogP contribution < -0.4 is 0 Å². The van der Waals surface area contributed by atoms with Crippen LogP contribution in [0.1, 0.15) is 22.9 Å². The number of amides is 1. The minimum Gasteiger partial charge on any atom is -0.507 e. The number of Topliss-reactive ketones (excluding diaryl/α,β-unsaturated/α-hetero) is 1. The number of likely N-dealkylation sites (tertiary alicyclic amines) is 1. The van der Waals surface area contributed by atoms with E-state index in [-0.39, 0.29) is 11.3 Å². The maximum atomic E-state index is 12.7. The standard InChI is InChI=1S/C19H21N3O3S/c1-21(2)10-4-11-22-16(14-5-3-12-26-14)15(18(24)19(22)25)17(23)13-6-8-20-9-7-13/h3,5-9,12,16,23H,4,10-11H2,1-2H3/b17-15+/t16-/m0/s1. The highest BCUT2D eigenvalue weighted by molar-refractivity contribution is 7.10. The fourth-order valence-electron chi connectivity index (χ4n) is 3.08. The summed E-state index contributed by atoms with van der Waals surface area (Å²) in [6.07, 6.45) is 3.84. The van der Waals surface area contributed by atoms with E-state index in [0.717, 1.165) is 17.8 Å². The molecular weight excluding hydrogens is 350 g/mol. The van der Waals surface area contributed by atoms with E-state index < -0.39 is 17.7 Å². The molecule has 1 amide bonds. The molecule has 0 aromatic carbocycles. The number of carbonyl (C=O) groups is 2. The summed E-state index contributed by atoms with van der Waals surface area (Å²) in [4.78, 5) is 33.8. The fourth-order valence-corrected chi connectivity index (χ4v) is 3.92. The Balaban J connectivity index is 2.02. The van der Waals surface area contributed by atoms with Gasteiger partial charge in [0.25, 0.3) is 11.7 Å². The van der Waals surface area contributed by atoms with E-state index in [2.05, 4.69) is 4.98 Å². The molecule has 6 nitrogen and oxygen atoms in total. The van der Waals surface area contributed by atoms with Crippen LogP contribution in [0.5, 0.6) is 0 Å². The molecule has 1 aliphatic heterocycles. The Morgan fingerprint density at radius 1 is 1.27 bits per heavy atom. The second kappa shape index (κ2) is 7.80. The van der Waals surface area contributed by atoms with Gasteiger partial charge in [0.15, 0.2) is 0 Å². The van der Waals surface area contributed by atoms with Gasteiger partial charge < -0.3 is 14.9 Å². The topological polar surface area (TPSA) is 73.7 Å². The van der Waals surface area contributed by atoms with Crippen LogP contribution in [0.15, 0.2) is 47.6 Å². The Labute approximate surface area is 156 Å². The van der Waals surface area contributed by atoms with E-state index in [0.29, 0.717) is 12.1 Å². The molecule has 0 saturated carbocycles. The van der Waals surface area contributed by atoms with Crippen LogP contribution in [0.3, 0.4) is 0 Å². The molecule has 0 spiro atoms. The van der Waals surface area contributed by atoms with E-state index in [9.17, 15) is 14.7 Å². The summed E-state index contributed by atoms with van der Waals surface area (Å²) in [5.41, 5.74) is 0.626. The van der Waals surface area contributed by atoms with E-state index in [1.165, 1.54) is 11.3 Å². The van der Waals surface area contributed by atoms with Crippen LogP contribution in [0.25, 0.3) is 5.76 Å². The SMILES string of the molecule is CN(C)CCCN1C(=O)C(=O)/C(=C(/O)c2ccncc2)[C@@H]1c1cccs1. The number of ketones is 1. The minimum absolute atomic E-state index is 0.147. The molecule has 1 atom stereocenters. The Morgan fingerprint density at radius 2 is 2.00 bits per heavy atom. The molecule has 3 rings (SSSR count). The summed E-state index contributed by atoms with van der Waals surface area (Å²) in [5.74, 6) is -1.35. The lowest BCUT2D eigenvalue weighted by molar-refractivity contribution is -0.139. The minimum atomic E-state index is -0.637. The quantitative estimate of drug-likeness (QED) is 0.480. The predicted molar refractivity (Wildman–Crippen MR) is 101 cm³/mol. The number of thiophene rings is 1. The lowest BCUT2D eigenvalue weighted by Gasteiger charge is -2.24. The Kier molecular flexibility index (Phi) is 5.49. The van der Waals surface area contributed by atoms with Gasteiger partial charge in [-0.2, -0.15) is 0 Å². The number of rotatable bonds is 6. The summed E-state index contributed by atoms with van der Waals surface area (Å²) < 4.78 is 0. The summed E-state index contributed by atoms with van der Waals surface area (Å²) in [5, 5.41) is 12.7. The average Bonchev–Trinajstić information content (AvgIpc) is 3.24. The zero-order chi connectivity index (χ0) is 18.7. The molecule has 2 aromatic heterocycles. The van der Waals surface area contributed by atoms with Gasteiger partial charge in [0.1, 0.15) is 5.76 Å². The number of nitrogens with zero attached hydrogens (tertiary/aromatic N) is 3. The third kappa shape index (κ3) is 3.54. The number of hydrogen-bond acceptors (Lipinski definition) is 6. The van der Waals surface area contributed by atoms with Crippen LogP contribution >= 0.6 is 11.3 Å². The van der Waals surface area contributed by atoms with E-state index in [4.69, 9.17) is 0 Å². The fraction of sp³-hybridized carbons (Fsp3) is 0.316. The molecule has 1 aliphatic rings. The van der Waals surface area contributed by atoms with Crippen molar-refractivity contribution in [1.29, 1.82) is 0 Å². The first-order valence-corrected chi connectivity index (χ1v) is 9.25. The van der Waals surface area contributed by atoms with Crippen LogP contribution in [0.4, 0.5) is 0 Å². The highest BCUT2D eigenvalue weighted by Gasteiger charge is 2.46. The summed E-state index contributed by atoms with van der Waals surface area (Å²) in [6, 6.07) is 6.47. The lowest BCUT2D eigenvalue weighted by Crippen LogP contribution is -2.32. The first-order valence-electron chi connectivity index (χ1n) is 8.37. The number of pyridine rings is 1. The van der Waals surface area contributed by atoms with Crippen molar-refractivity contribution in [3.8, 4) is 0 Å². The number of aliphatic hydroxyl groups is 1. The number of aromatic nitrogens is 1. The maximum Gasteiger partial charge on any atom is 0.295 e. The Bertz CT molecular complexity index is 816. The van der Waals surface area contributed by atoms with Gasteiger partial charge in [0.2, 0.25) is 0 Å². The van der Waals surface area contributed by atoms with Crippen molar-refractivity contribution in [1.82, 2.24) is 14.8 Å². The first kappa shape index (κ1) is 18.3. The van der Waals surface area contributed by atoms with Gasteiger partial charge in [-0.05, 0) is 50.6 Å². The van der Waals surface area contributed by atoms with E-state index >= 15 is 0 Å². The second-order valence-corrected chi connectivity index (χ2v) is 7.38. The number of aliphatic hydroxyl groups excluding tert-OH is 1. The Morgan fingerprint density at radius 3 is 2.62 bits per heavy atom. The van der Waals surface area contributed by atoms with Gasteiger partial charge in [0.05, 0.1) is 11.6 Å². The molecule has 0 radical (unpaired) electrons. The van der Waals surface area contributed by atoms with Crippen LogP contribution in [0.2, 0.25) is 0 Å². The molecule has 0 bridgehead atoms. The average molecular weight is 371 g/mol. The predicted octanol–water partition coefficient (Wildman–Crippen LogP) is 2.52. The first-order chi connectivity index (χ1) is 12.5. The van der Waals surface area contributed by atoms with Crippen molar-refractivity contribution in [3.05, 3.63) is 58.1 Å². The molecule has 26 heavy (non-hydrogen) atoms. The van der Waals surface area contributed by atoms with Gasteiger partial charge in [-0.25, -0.2) is 0 Å². The lowest BCUT2D eigenvalue weighted by atomic mass is 10.0. The highest BCUT2D eigenvalue weighted by atomic mass is 32.1. The van der Waals surface area contributed by atoms with Crippen molar-refractivity contribution in [2.24, 2.45) is 0 Å². The van der Waals surface area contributed by atoms with Gasteiger partial charge in [-0.15, -0.1) is 11.3 Å². The van der Waals surface area contributed by atoms with Gasteiger partial charge >= 0.3 is 0 Å². The largest absolute Gasteiger partial charge is 0.507 e. The zero-order valence-electron chi connectivity index (χ0n) is 14.8. The summed E-state index contributed by atoms with van der Waals surface area (Å²) >= 11 is 1.47. The van der Waals surface area contributed by atoms with Gasteiger partial charge in [-0.3, -0.25) is 14.6 Å². The maximum absolute atomic E-state index is 12.7. The van der Waals surface area contributed by atoms with Crippen LogP contribution in [-0.2, 0) is 9.59 Å². The molecule has 0 unspecified atom stereocenters. The smallest absolute Gasteiger partial charge is 0.295 e. The van der Waals surface area contributed by atoms with Gasteiger partial charge in [-0.1, -0.05) is 6.07 Å². The van der Waals surface area contributed by atoms with Crippen molar-refractivity contribution in [3.63, 3.8) is 0 Å². The molecule has 0 aliphatic carbocycles. The zero-order valence-corrected chi connectivity index (χ0v) is 15.6. The van der Waals surface area contributed by atoms with Crippen molar-refractivity contribution in [2.75, 3.05) is 27.2 Å². The second-order valence-electron chi connectivity index (χ2n) is 6.40. The molecule has 1 N–H and O–H groups in total. The molecule has 7 heteroatoms. The third-order valence-corrected chi connectivity index (χ3v) is 5.24. The van der Waals surface area contributed by atoms with Crippen molar-refractivity contribution in [2.45, 2.75) is 12.5 Å². The number of hydrogen-bond donors (Lipinski definition) is 1. The van der Waals surface area contributed by atoms with Crippen molar-refractivity contribution < 1.29 is 14.7 Å². The monoisotopic (exact) mass is 371 g/mol. The van der Waals surface area contributed by atoms with Crippen molar-refractivity contribution >= 4 is 28.8 Å². The van der Waals surface area contributed by atoms with Crippen LogP contribution in [-0.4, -0.2) is 58.8 Å². The molecule has 1 saturated heterocycles. The summed E-state index contributed by atoms with van der Waals surface area (Å²) in [6.45, 7) is 1.27. The van der Waals surface area contributed by atoms with E-state index in [1.807, 2.05) is 36.5 Å². The normalized spacial score (nSPS) is 19.5. The highest BCUT2D eigenvalue weighted by Crippen LogP contribution is 2.40. The van der Waals surface area contributed by atoms with Crippen LogP contribution in [0, 0.1) is 0 Å². The molecule has 136 valence electrons. The van der Waals surface area contributed by atoms with Gasteiger partial charge in [0, 0.05) is 29.4 Å². The summed E-state index contributed by atoms with van der Waals surface area (Å²) in [7, 11) is 3.93.